The van der Waals surface area contributed by atoms with Crippen molar-refractivity contribution in [3.63, 3.8) is 0 Å². The summed E-state index contributed by atoms with van der Waals surface area (Å²) in [7, 11) is 0. The number of nitrogens with zero attached hydrogens (tertiary/aromatic N) is 1. The Labute approximate surface area is 122 Å². The van der Waals surface area contributed by atoms with Crippen LogP contribution in [0.3, 0.4) is 0 Å². The first-order valence-corrected chi connectivity index (χ1v) is 7.74. The van der Waals surface area contributed by atoms with E-state index in [-0.39, 0.29) is 11.9 Å². The Hall–Kier alpha value is -1.35. The van der Waals surface area contributed by atoms with Gasteiger partial charge in [0, 0.05) is 12.6 Å². The first kappa shape index (κ1) is 15.0. The van der Waals surface area contributed by atoms with Crippen molar-refractivity contribution in [3.8, 4) is 0 Å². The summed E-state index contributed by atoms with van der Waals surface area (Å²) in [5, 5.41) is 3.30. The lowest BCUT2D eigenvalue weighted by Crippen LogP contribution is -2.43. The average molecular weight is 274 g/mol. The summed E-state index contributed by atoms with van der Waals surface area (Å²) in [4.78, 5) is 14.4. The van der Waals surface area contributed by atoms with Gasteiger partial charge in [0.05, 0.1) is 6.54 Å². The van der Waals surface area contributed by atoms with Crippen LogP contribution in [-0.4, -0.2) is 29.9 Å². The molecule has 1 fully saturated rings. The molecule has 1 N–H and O–H groups in total. The second-order valence-electron chi connectivity index (χ2n) is 5.84. The van der Waals surface area contributed by atoms with Gasteiger partial charge in [-0.25, -0.2) is 0 Å². The third-order valence-corrected chi connectivity index (χ3v) is 4.05. The summed E-state index contributed by atoms with van der Waals surface area (Å²) in [6, 6.07) is 10.5. The molecule has 1 atom stereocenters. The van der Waals surface area contributed by atoms with E-state index < -0.39 is 0 Å². The van der Waals surface area contributed by atoms with Gasteiger partial charge in [-0.05, 0) is 44.2 Å². The van der Waals surface area contributed by atoms with Crippen LogP contribution in [0.2, 0.25) is 0 Å². The molecule has 1 aliphatic carbocycles. The van der Waals surface area contributed by atoms with Crippen molar-refractivity contribution in [2.45, 2.75) is 45.7 Å². The zero-order chi connectivity index (χ0) is 14.4. The number of benzene rings is 1. The van der Waals surface area contributed by atoms with Crippen LogP contribution in [0.1, 0.15) is 38.7 Å². The minimum absolute atomic E-state index is 0.212. The Bertz CT molecular complexity index is 414. The molecule has 0 bridgehead atoms. The minimum Gasteiger partial charge on any atom is -0.335 e. The zero-order valence-corrected chi connectivity index (χ0v) is 12.6. The Balaban J connectivity index is 1.89. The highest BCUT2D eigenvalue weighted by Crippen LogP contribution is 2.27. The van der Waals surface area contributed by atoms with Gasteiger partial charge in [0.15, 0.2) is 0 Å². The molecule has 1 amide bonds. The largest absolute Gasteiger partial charge is 0.335 e. The third-order valence-electron chi connectivity index (χ3n) is 4.05. The van der Waals surface area contributed by atoms with Gasteiger partial charge in [0.1, 0.15) is 0 Å². The molecule has 2 rings (SSSR count). The fourth-order valence-electron chi connectivity index (χ4n) is 2.30. The average Bonchev–Trinajstić information content (AvgIpc) is 3.29. The van der Waals surface area contributed by atoms with Gasteiger partial charge in [0.2, 0.25) is 5.91 Å². The molecular weight excluding hydrogens is 248 g/mol. The predicted molar refractivity (Wildman–Crippen MR) is 82.3 cm³/mol. The van der Waals surface area contributed by atoms with Gasteiger partial charge >= 0.3 is 0 Å². The lowest BCUT2D eigenvalue weighted by atomic mass is 10.1. The van der Waals surface area contributed by atoms with E-state index in [0.717, 1.165) is 18.9 Å². The number of hydrogen-bond donors (Lipinski definition) is 1. The maximum atomic E-state index is 12.4. The lowest BCUT2D eigenvalue weighted by Gasteiger charge is -2.29. The molecule has 0 aromatic heterocycles. The molecule has 1 aromatic carbocycles. The Morgan fingerprint density at radius 1 is 1.35 bits per heavy atom. The van der Waals surface area contributed by atoms with E-state index in [1.807, 2.05) is 23.1 Å². The molecule has 1 aliphatic rings. The van der Waals surface area contributed by atoms with E-state index >= 15 is 0 Å². The molecule has 20 heavy (non-hydrogen) atoms. The standard InChI is InChI=1S/C17H26N2O/c1-3-14(2)19(13-16-7-5-4-6-8-16)17(20)12-18-11-15-9-10-15/h4-8,14-15,18H,3,9-13H2,1-2H3. The molecule has 0 saturated heterocycles. The number of nitrogens with one attached hydrogen (secondary N) is 1. The summed E-state index contributed by atoms with van der Waals surface area (Å²) >= 11 is 0. The van der Waals surface area contributed by atoms with E-state index in [1.165, 1.54) is 18.4 Å². The van der Waals surface area contributed by atoms with Gasteiger partial charge < -0.3 is 10.2 Å². The zero-order valence-electron chi connectivity index (χ0n) is 12.6. The highest BCUT2D eigenvalue weighted by atomic mass is 16.2. The molecule has 1 aromatic rings. The van der Waals surface area contributed by atoms with Gasteiger partial charge in [-0.3, -0.25) is 4.79 Å². The van der Waals surface area contributed by atoms with E-state index in [1.54, 1.807) is 0 Å². The molecule has 3 nitrogen and oxygen atoms in total. The quantitative estimate of drug-likeness (QED) is 0.790. The van der Waals surface area contributed by atoms with Gasteiger partial charge in [-0.15, -0.1) is 0 Å². The first-order chi connectivity index (χ1) is 9.70. The summed E-state index contributed by atoms with van der Waals surface area (Å²) < 4.78 is 0. The van der Waals surface area contributed by atoms with Crippen molar-refractivity contribution in [1.82, 2.24) is 10.2 Å². The van der Waals surface area contributed by atoms with E-state index in [4.69, 9.17) is 0 Å². The van der Waals surface area contributed by atoms with Crippen molar-refractivity contribution >= 4 is 5.91 Å². The van der Waals surface area contributed by atoms with Crippen molar-refractivity contribution in [2.75, 3.05) is 13.1 Å². The molecule has 3 heteroatoms. The molecular formula is C17H26N2O. The highest BCUT2D eigenvalue weighted by Gasteiger charge is 2.22. The van der Waals surface area contributed by atoms with Crippen LogP contribution in [0.5, 0.6) is 0 Å². The van der Waals surface area contributed by atoms with Crippen molar-refractivity contribution < 1.29 is 4.79 Å². The van der Waals surface area contributed by atoms with Crippen LogP contribution in [0, 0.1) is 5.92 Å². The van der Waals surface area contributed by atoms with Crippen molar-refractivity contribution in [3.05, 3.63) is 35.9 Å². The van der Waals surface area contributed by atoms with Crippen LogP contribution < -0.4 is 5.32 Å². The van der Waals surface area contributed by atoms with Gasteiger partial charge in [0.25, 0.3) is 0 Å². The fraction of sp³-hybridized carbons (Fsp3) is 0.588. The molecule has 0 heterocycles. The van der Waals surface area contributed by atoms with E-state index in [2.05, 4.69) is 31.3 Å². The number of carbonyl (C=O) groups excluding carboxylic acids is 1. The van der Waals surface area contributed by atoms with Crippen LogP contribution in [-0.2, 0) is 11.3 Å². The highest BCUT2D eigenvalue weighted by molar-refractivity contribution is 5.78. The summed E-state index contributed by atoms with van der Waals surface area (Å²) in [6.07, 6.45) is 3.63. The molecule has 0 aliphatic heterocycles. The Kier molecular flexibility index (Phi) is 5.60. The maximum absolute atomic E-state index is 12.4. The van der Waals surface area contributed by atoms with Gasteiger partial charge in [-0.1, -0.05) is 37.3 Å². The normalized spacial score (nSPS) is 15.9. The van der Waals surface area contributed by atoms with E-state index in [9.17, 15) is 4.79 Å². The molecule has 0 radical (unpaired) electrons. The maximum Gasteiger partial charge on any atom is 0.237 e. The number of carbonyl (C=O) groups is 1. The Morgan fingerprint density at radius 3 is 2.65 bits per heavy atom. The molecule has 1 unspecified atom stereocenters. The second kappa shape index (κ2) is 7.44. The first-order valence-electron chi connectivity index (χ1n) is 7.74. The molecule has 0 spiro atoms. The lowest BCUT2D eigenvalue weighted by molar-refractivity contribution is -0.133. The van der Waals surface area contributed by atoms with Crippen LogP contribution in [0.4, 0.5) is 0 Å². The van der Waals surface area contributed by atoms with Crippen LogP contribution >= 0.6 is 0 Å². The number of hydrogen-bond acceptors (Lipinski definition) is 2. The van der Waals surface area contributed by atoms with E-state index in [0.29, 0.717) is 13.1 Å². The summed E-state index contributed by atoms with van der Waals surface area (Å²) in [5.41, 5.74) is 1.20. The van der Waals surface area contributed by atoms with Crippen molar-refractivity contribution in [2.24, 2.45) is 5.92 Å². The molecule has 1 saturated carbocycles. The summed E-state index contributed by atoms with van der Waals surface area (Å²) in [6.45, 7) is 6.42. The molecule has 110 valence electrons. The second-order valence-corrected chi connectivity index (χ2v) is 5.84. The third kappa shape index (κ3) is 4.64. The van der Waals surface area contributed by atoms with Gasteiger partial charge in [-0.2, -0.15) is 0 Å². The van der Waals surface area contributed by atoms with Crippen LogP contribution in [0.15, 0.2) is 30.3 Å². The summed E-state index contributed by atoms with van der Waals surface area (Å²) in [5.74, 6) is 1.03. The topological polar surface area (TPSA) is 32.3 Å². The number of amides is 1. The van der Waals surface area contributed by atoms with Crippen molar-refractivity contribution in [1.29, 1.82) is 0 Å². The predicted octanol–water partition coefficient (Wildman–Crippen LogP) is 2.81. The monoisotopic (exact) mass is 274 g/mol. The smallest absolute Gasteiger partial charge is 0.237 e. The van der Waals surface area contributed by atoms with Crippen LogP contribution in [0.25, 0.3) is 0 Å². The number of rotatable bonds is 8. The fourth-order valence-corrected chi connectivity index (χ4v) is 2.30. The minimum atomic E-state index is 0.212. The Morgan fingerprint density at radius 2 is 2.05 bits per heavy atom. The SMILES string of the molecule is CCC(C)N(Cc1ccccc1)C(=O)CNCC1CC1.